The summed E-state index contributed by atoms with van der Waals surface area (Å²) in [5, 5.41) is 0. The maximum Gasteiger partial charge on any atom is 0.145 e. The Balaban J connectivity index is 2.04. The lowest BCUT2D eigenvalue weighted by atomic mass is 10.2. The second kappa shape index (κ2) is 5.04. The predicted molar refractivity (Wildman–Crippen MR) is 90.9 cm³/mol. The summed E-state index contributed by atoms with van der Waals surface area (Å²) in [5.74, 6) is 0.924. The van der Waals surface area contributed by atoms with Crippen molar-refractivity contribution in [3.8, 4) is 17.1 Å². The molecular weight excluding hydrogens is 270 g/mol. The summed E-state index contributed by atoms with van der Waals surface area (Å²) < 4.78 is 2.18. The van der Waals surface area contributed by atoms with Crippen LogP contribution >= 0.6 is 0 Å². The number of hydrogen-bond donors (Lipinski definition) is 1. The summed E-state index contributed by atoms with van der Waals surface area (Å²) in [5.41, 5.74) is 10.8. The molecule has 1 heterocycles. The monoisotopic (exact) mass is 285 g/mol. The normalized spacial score (nSPS) is 10.9. The zero-order chi connectivity index (χ0) is 14.9. The van der Waals surface area contributed by atoms with Crippen LogP contribution in [0.1, 0.15) is 0 Å². The maximum atomic E-state index is 5.80. The van der Waals surface area contributed by atoms with Crippen LogP contribution in [0, 0.1) is 0 Å². The van der Waals surface area contributed by atoms with Gasteiger partial charge >= 0.3 is 0 Å². The minimum absolute atomic E-state index is 0.756. The molecule has 0 aliphatic rings. The van der Waals surface area contributed by atoms with Gasteiger partial charge in [0.1, 0.15) is 5.82 Å². The summed E-state index contributed by atoms with van der Waals surface area (Å²) >= 11 is 0. The van der Waals surface area contributed by atoms with Crippen molar-refractivity contribution in [2.75, 3.05) is 5.73 Å². The first-order valence-corrected chi connectivity index (χ1v) is 7.22. The average Bonchev–Trinajstić information content (AvgIpc) is 2.96. The summed E-state index contributed by atoms with van der Waals surface area (Å²) in [6.07, 6.45) is 0. The zero-order valence-electron chi connectivity index (χ0n) is 12.0. The van der Waals surface area contributed by atoms with Crippen LogP contribution in [0.5, 0.6) is 0 Å². The number of rotatable bonds is 2. The maximum absolute atomic E-state index is 5.80. The SMILES string of the molecule is Nc1ccc(-c2nc3ccccc3n2-c2ccccc2)cc1. The Morgan fingerprint density at radius 2 is 1.41 bits per heavy atom. The van der Waals surface area contributed by atoms with E-state index in [0.717, 1.165) is 33.8 Å². The Labute approximate surface area is 128 Å². The standard InChI is InChI=1S/C19H15N3/c20-15-12-10-14(11-13-15)19-21-17-8-4-5-9-18(17)22(19)16-6-2-1-3-7-16/h1-13H,20H2. The number of benzene rings is 3. The van der Waals surface area contributed by atoms with E-state index in [2.05, 4.69) is 22.8 Å². The summed E-state index contributed by atoms with van der Waals surface area (Å²) in [6, 6.07) is 26.3. The lowest BCUT2D eigenvalue weighted by Gasteiger charge is -2.09. The molecule has 22 heavy (non-hydrogen) atoms. The number of nitrogens with two attached hydrogens (primary N) is 1. The van der Waals surface area contributed by atoms with E-state index in [0.29, 0.717) is 0 Å². The summed E-state index contributed by atoms with van der Waals surface area (Å²) in [6.45, 7) is 0. The molecule has 0 bridgehead atoms. The van der Waals surface area contributed by atoms with E-state index >= 15 is 0 Å². The average molecular weight is 285 g/mol. The minimum atomic E-state index is 0.756. The largest absolute Gasteiger partial charge is 0.399 e. The molecule has 106 valence electrons. The number of imidazole rings is 1. The Morgan fingerprint density at radius 1 is 0.727 bits per heavy atom. The molecule has 4 aromatic rings. The molecule has 0 atom stereocenters. The molecule has 0 spiro atoms. The number of hydrogen-bond acceptors (Lipinski definition) is 2. The van der Waals surface area contributed by atoms with Gasteiger partial charge in [0.15, 0.2) is 0 Å². The molecule has 0 saturated carbocycles. The highest BCUT2D eigenvalue weighted by Gasteiger charge is 2.13. The molecule has 0 amide bonds. The van der Waals surface area contributed by atoms with Crippen LogP contribution in [0.3, 0.4) is 0 Å². The Hall–Kier alpha value is -3.07. The van der Waals surface area contributed by atoms with Gasteiger partial charge in [0.25, 0.3) is 0 Å². The summed E-state index contributed by atoms with van der Waals surface area (Å²) in [7, 11) is 0. The van der Waals surface area contributed by atoms with Crippen LogP contribution in [0.15, 0.2) is 78.9 Å². The van der Waals surface area contributed by atoms with Gasteiger partial charge in [-0.15, -0.1) is 0 Å². The van der Waals surface area contributed by atoms with Gasteiger partial charge in [-0.05, 0) is 48.5 Å². The fourth-order valence-electron chi connectivity index (χ4n) is 2.69. The molecule has 3 heteroatoms. The van der Waals surface area contributed by atoms with Gasteiger partial charge in [-0.25, -0.2) is 4.98 Å². The molecule has 0 unspecified atom stereocenters. The summed E-state index contributed by atoms with van der Waals surface area (Å²) in [4.78, 5) is 4.81. The van der Waals surface area contributed by atoms with Crippen molar-refractivity contribution in [1.82, 2.24) is 9.55 Å². The molecule has 0 fully saturated rings. The van der Waals surface area contributed by atoms with Crippen molar-refractivity contribution in [3.05, 3.63) is 78.9 Å². The number of nitrogens with zero attached hydrogens (tertiary/aromatic N) is 2. The van der Waals surface area contributed by atoms with E-state index < -0.39 is 0 Å². The molecule has 0 aliphatic heterocycles. The van der Waals surface area contributed by atoms with Crippen molar-refractivity contribution < 1.29 is 0 Å². The van der Waals surface area contributed by atoms with Gasteiger partial charge in [0.2, 0.25) is 0 Å². The van der Waals surface area contributed by atoms with Crippen LogP contribution in [0.4, 0.5) is 5.69 Å². The molecule has 0 saturated heterocycles. The van der Waals surface area contributed by atoms with E-state index in [1.807, 2.05) is 60.7 Å². The van der Waals surface area contributed by atoms with E-state index in [-0.39, 0.29) is 0 Å². The highest BCUT2D eigenvalue weighted by Crippen LogP contribution is 2.28. The van der Waals surface area contributed by atoms with Crippen LogP contribution in [-0.4, -0.2) is 9.55 Å². The van der Waals surface area contributed by atoms with Crippen LogP contribution in [-0.2, 0) is 0 Å². The quantitative estimate of drug-likeness (QED) is 0.559. The van der Waals surface area contributed by atoms with E-state index in [9.17, 15) is 0 Å². The van der Waals surface area contributed by atoms with Gasteiger partial charge in [0.05, 0.1) is 11.0 Å². The van der Waals surface area contributed by atoms with Crippen molar-refractivity contribution in [2.24, 2.45) is 0 Å². The number of anilines is 1. The molecule has 1 aromatic heterocycles. The lowest BCUT2D eigenvalue weighted by Crippen LogP contribution is -1.97. The molecule has 4 rings (SSSR count). The third kappa shape index (κ3) is 2.04. The van der Waals surface area contributed by atoms with Gasteiger partial charge in [-0.1, -0.05) is 30.3 Å². The first-order valence-electron chi connectivity index (χ1n) is 7.22. The van der Waals surface area contributed by atoms with Crippen LogP contribution in [0.2, 0.25) is 0 Å². The lowest BCUT2D eigenvalue weighted by molar-refractivity contribution is 1.10. The van der Waals surface area contributed by atoms with E-state index in [4.69, 9.17) is 10.7 Å². The van der Waals surface area contributed by atoms with Crippen LogP contribution < -0.4 is 5.73 Å². The van der Waals surface area contributed by atoms with E-state index in [1.54, 1.807) is 0 Å². The molecular formula is C19H15N3. The van der Waals surface area contributed by atoms with Crippen molar-refractivity contribution in [1.29, 1.82) is 0 Å². The minimum Gasteiger partial charge on any atom is -0.399 e. The Morgan fingerprint density at radius 3 is 2.18 bits per heavy atom. The molecule has 0 aliphatic carbocycles. The first kappa shape index (κ1) is 12.7. The highest BCUT2D eigenvalue weighted by atomic mass is 15.1. The second-order valence-corrected chi connectivity index (χ2v) is 5.22. The predicted octanol–water partition coefficient (Wildman–Crippen LogP) is 4.27. The topological polar surface area (TPSA) is 43.8 Å². The van der Waals surface area contributed by atoms with Crippen LogP contribution in [0.25, 0.3) is 28.1 Å². The third-order valence-electron chi connectivity index (χ3n) is 3.74. The van der Waals surface area contributed by atoms with E-state index in [1.165, 1.54) is 0 Å². The fraction of sp³-hybridized carbons (Fsp3) is 0. The Kier molecular flexibility index (Phi) is 2.90. The molecule has 0 radical (unpaired) electrons. The smallest absolute Gasteiger partial charge is 0.145 e. The number of nitrogen functional groups attached to an aromatic ring is 1. The molecule has 3 nitrogen and oxygen atoms in total. The molecule has 3 aromatic carbocycles. The number of para-hydroxylation sites is 3. The number of fused-ring (bicyclic) bond motifs is 1. The van der Waals surface area contributed by atoms with Gasteiger partial charge < -0.3 is 5.73 Å². The van der Waals surface area contributed by atoms with Gasteiger partial charge in [-0.2, -0.15) is 0 Å². The third-order valence-corrected chi connectivity index (χ3v) is 3.74. The molecule has 2 N–H and O–H groups in total. The Bertz CT molecular complexity index is 922. The zero-order valence-corrected chi connectivity index (χ0v) is 12.0. The van der Waals surface area contributed by atoms with Crippen molar-refractivity contribution >= 4 is 16.7 Å². The highest BCUT2D eigenvalue weighted by molar-refractivity contribution is 5.83. The number of aromatic nitrogens is 2. The van der Waals surface area contributed by atoms with Gasteiger partial charge in [0, 0.05) is 16.9 Å². The fourth-order valence-corrected chi connectivity index (χ4v) is 2.69. The first-order chi connectivity index (χ1) is 10.8. The second-order valence-electron chi connectivity index (χ2n) is 5.22. The van der Waals surface area contributed by atoms with Gasteiger partial charge in [-0.3, -0.25) is 4.57 Å². The van der Waals surface area contributed by atoms with Crippen molar-refractivity contribution in [2.45, 2.75) is 0 Å². The van der Waals surface area contributed by atoms with Crippen molar-refractivity contribution in [3.63, 3.8) is 0 Å².